The number of carbonyl (C=O) groups excluding carboxylic acids is 1. The van der Waals surface area contributed by atoms with E-state index in [9.17, 15) is 14.9 Å². The number of fused-ring (bicyclic) bond motifs is 1. The molecular formula is C18H17NO4. The van der Waals surface area contributed by atoms with Gasteiger partial charge in [-0.05, 0) is 61.9 Å². The number of carbonyl (C=O) groups is 1. The molecule has 0 atom stereocenters. The molecule has 0 N–H and O–H groups in total. The lowest BCUT2D eigenvalue weighted by molar-refractivity contribution is -0.385. The highest BCUT2D eigenvalue weighted by Crippen LogP contribution is 2.27. The van der Waals surface area contributed by atoms with E-state index in [-0.39, 0.29) is 11.3 Å². The van der Waals surface area contributed by atoms with Gasteiger partial charge in [0.1, 0.15) is 5.75 Å². The van der Waals surface area contributed by atoms with Crippen LogP contribution in [0.2, 0.25) is 0 Å². The zero-order chi connectivity index (χ0) is 16.4. The van der Waals surface area contributed by atoms with E-state index in [1.807, 2.05) is 12.1 Å². The predicted octanol–water partition coefficient (Wildman–Crippen LogP) is 4.00. The summed E-state index contributed by atoms with van der Waals surface area (Å²) in [5.41, 5.74) is 2.99. The number of ether oxygens (including phenoxy) is 1. The molecule has 2 aromatic rings. The molecule has 0 aromatic heterocycles. The second-order valence-corrected chi connectivity index (χ2v) is 5.73. The first-order valence-corrected chi connectivity index (χ1v) is 7.64. The molecule has 5 nitrogen and oxygen atoms in total. The minimum Gasteiger partial charge on any atom is -0.423 e. The zero-order valence-electron chi connectivity index (χ0n) is 12.9. The van der Waals surface area contributed by atoms with Crippen LogP contribution in [0.4, 0.5) is 5.69 Å². The van der Waals surface area contributed by atoms with Gasteiger partial charge in [-0.15, -0.1) is 0 Å². The smallest absolute Gasteiger partial charge is 0.344 e. The Labute approximate surface area is 134 Å². The van der Waals surface area contributed by atoms with Gasteiger partial charge in [-0.2, -0.15) is 0 Å². The van der Waals surface area contributed by atoms with E-state index in [1.54, 1.807) is 19.1 Å². The number of nitro groups is 1. The standard InChI is InChI=1S/C18H17NO4/c1-12-16(7-4-8-17(12)19(21)22)18(20)23-15-10-9-13-5-2-3-6-14(13)11-15/h4,7-11H,2-3,5-6H2,1H3. The first kappa shape index (κ1) is 15.2. The van der Waals surface area contributed by atoms with Gasteiger partial charge in [0.2, 0.25) is 0 Å². The summed E-state index contributed by atoms with van der Waals surface area (Å²) in [4.78, 5) is 22.8. The van der Waals surface area contributed by atoms with Crippen molar-refractivity contribution in [1.82, 2.24) is 0 Å². The van der Waals surface area contributed by atoms with Crippen LogP contribution >= 0.6 is 0 Å². The fourth-order valence-electron chi connectivity index (χ4n) is 2.98. The van der Waals surface area contributed by atoms with Crippen LogP contribution in [0.1, 0.15) is 39.9 Å². The molecule has 1 aliphatic rings. The average Bonchev–Trinajstić information content (AvgIpc) is 2.54. The summed E-state index contributed by atoms with van der Waals surface area (Å²) < 4.78 is 5.42. The van der Waals surface area contributed by atoms with Gasteiger partial charge in [-0.25, -0.2) is 4.79 Å². The van der Waals surface area contributed by atoms with Crippen molar-refractivity contribution in [3.63, 3.8) is 0 Å². The fourth-order valence-corrected chi connectivity index (χ4v) is 2.98. The Morgan fingerprint density at radius 2 is 1.87 bits per heavy atom. The minimum absolute atomic E-state index is 0.0788. The Morgan fingerprint density at radius 3 is 2.61 bits per heavy atom. The van der Waals surface area contributed by atoms with Gasteiger partial charge < -0.3 is 4.74 Å². The molecule has 23 heavy (non-hydrogen) atoms. The van der Waals surface area contributed by atoms with Crippen LogP contribution in [-0.2, 0) is 12.8 Å². The minimum atomic E-state index is -0.568. The number of rotatable bonds is 3. The molecule has 0 radical (unpaired) electrons. The molecule has 3 rings (SSSR count). The Balaban J connectivity index is 1.85. The van der Waals surface area contributed by atoms with Crippen molar-refractivity contribution in [2.75, 3.05) is 0 Å². The summed E-state index contributed by atoms with van der Waals surface area (Å²) >= 11 is 0. The van der Waals surface area contributed by atoms with Crippen molar-refractivity contribution in [2.45, 2.75) is 32.6 Å². The molecule has 0 bridgehead atoms. The van der Waals surface area contributed by atoms with E-state index in [4.69, 9.17) is 4.74 Å². The number of hydrogen-bond acceptors (Lipinski definition) is 4. The molecule has 5 heteroatoms. The van der Waals surface area contributed by atoms with E-state index in [1.165, 1.54) is 29.7 Å². The Morgan fingerprint density at radius 1 is 1.13 bits per heavy atom. The van der Waals surface area contributed by atoms with Gasteiger partial charge in [0.15, 0.2) is 0 Å². The molecule has 0 heterocycles. The van der Waals surface area contributed by atoms with Gasteiger partial charge in [0.25, 0.3) is 5.69 Å². The highest BCUT2D eigenvalue weighted by Gasteiger charge is 2.20. The van der Waals surface area contributed by atoms with Crippen molar-refractivity contribution in [2.24, 2.45) is 0 Å². The van der Waals surface area contributed by atoms with Crippen LogP contribution in [0, 0.1) is 17.0 Å². The molecule has 0 saturated heterocycles. The molecule has 1 aliphatic carbocycles. The summed E-state index contributed by atoms with van der Waals surface area (Å²) in [5, 5.41) is 11.0. The van der Waals surface area contributed by atoms with E-state index >= 15 is 0 Å². The largest absolute Gasteiger partial charge is 0.423 e. The number of benzene rings is 2. The van der Waals surface area contributed by atoms with Gasteiger partial charge in [-0.3, -0.25) is 10.1 Å². The fraction of sp³-hybridized carbons (Fsp3) is 0.278. The Hall–Kier alpha value is -2.69. The average molecular weight is 311 g/mol. The number of aryl methyl sites for hydroxylation is 2. The number of nitro benzene ring substituents is 1. The summed E-state index contributed by atoms with van der Waals surface area (Å²) in [6, 6.07) is 10.1. The van der Waals surface area contributed by atoms with Crippen molar-refractivity contribution in [3.8, 4) is 5.75 Å². The van der Waals surface area contributed by atoms with Crippen molar-refractivity contribution in [1.29, 1.82) is 0 Å². The lowest BCUT2D eigenvalue weighted by Crippen LogP contribution is -2.12. The van der Waals surface area contributed by atoms with Crippen molar-refractivity contribution < 1.29 is 14.5 Å². The maximum Gasteiger partial charge on any atom is 0.344 e. The zero-order valence-corrected chi connectivity index (χ0v) is 12.9. The lowest BCUT2D eigenvalue weighted by atomic mass is 9.92. The van der Waals surface area contributed by atoms with Crippen LogP contribution < -0.4 is 4.74 Å². The van der Waals surface area contributed by atoms with E-state index in [0.717, 1.165) is 19.3 Å². The lowest BCUT2D eigenvalue weighted by Gasteiger charge is -2.16. The van der Waals surface area contributed by atoms with Crippen molar-refractivity contribution >= 4 is 11.7 Å². The van der Waals surface area contributed by atoms with Gasteiger partial charge in [0.05, 0.1) is 10.5 Å². The monoisotopic (exact) mass is 311 g/mol. The van der Waals surface area contributed by atoms with Crippen LogP contribution in [0.3, 0.4) is 0 Å². The maximum absolute atomic E-state index is 12.3. The second-order valence-electron chi connectivity index (χ2n) is 5.73. The van der Waals surface area contributed by atoms with Gasteiger partial charge in [-0.1, -0.05) is 12.1 Å². The summed E-state index contributed by atoms with van der Waals surface area (Å²) in [6.45, 7) is 1.56. The molecule has 0 spiro atoms. The van der Waals surface area contributed by atoms with Gasteiger partial charge >= 0.3 is 5.97 Å². The van der Waals surface area contributed by atoms with E-state index in [0.29, 0.717) is 11.3 Å². The Bertz CT molecular complexity index is 783. The highest BCUT2D eigenvalue weighted by molar-refractivity contribution is 5.93. The predicted molar refractivity (Wildman–Crippen MR) is 85.9 cm³/mol. The molecular weight excluding hydrogens is 294 g/mol. The molecule has 2 aromatic carbocycles. The molecule has 0 fully saturated rings. The van der Waals surface area contributed by atoms with Crippen LogP contribution in [-0.4, -0.2) is 10.9 Å². The normalized spacial score (nSPS) is 13.3. The quantitative estimate of drug-likeness (QED) is 0.372. The molecule has 0 amide bonds. The van der Waals surface area contributed by atoms with Crippen LogP contribution in [0.5, 0.6) is 5.75 Å². The molecule has 0 saturated carbocycles. The van der Waals surface area contributed by atoms with Crippen LogP contribution in [0.15, 0.2) is 36.4 Å². The number of hydrogen-bond donors (Lipinski definition) is 0. The third-order valence-electron chi connectivity index (χ3n) is 4.25. The van der Waals surface area contributed by atoms with Gasteiger partial charge in [0, 0.05) is 11.6 Å². The molecule has 118 valence electrons. The van der Waals surface area contributed by atoms with Crippen LogP contribution in [0.25, 0.3) is 0 Å². The second kappa shape index (κ2) is 6.20. The van der Waals surface area contributed by atoms with E-state index < -0.39 is 10.9 Å². The number of esters is 1. The maximum atomic E-state index is 12.3. The topological polar surface area (TPSA) is 69.4 Å². The SMILES string of the molecule is Cc1c(C(=O)Oc2ccc3c(c2)CCCC3)cccc1[N+](=O)[O-]. The Kier molecular flexibility index (Phi) is 4.10. The third-order valence-corrected chi connectivity index (χ3v) is 4.25. The summed E-state index contributed by atoms with van der Waals surface area (Å²) in [6.07, 6.45) is 4.40. The van der Waals surface area contributed by atoms with Crippen molar-refractivity contribution in [3.05, 3.63) is 68.8 Å². The first-order chi connectivity index (χ1) is 11.1. The van der Waals surface area contributed by atoms with E-state index in [2.05, 4.69) is 0 Å². The highest BCUT2D eigenvalue weighted by atomic mass is 16.6. The summed E-state index contributed by atoms with van der Waals surface area (Å²) in [5.74, 6) is -0.0801. The third kappa shape index (κ3) is 3.08. The summed E-state index contributed by atoms with van der Waals surface area (Å²) in [7, 11) is 0. The molecule has 0 unspecified atom stereocenters. The number of nitrogens with zero attached hydrogens (tertiary/aromatic N) is 1. The first-order valence-electron chi connectivity index (χ1n) is 7.64. The molecule has 0 aliphatic heterocycles.